The van der Waals surface area contributed by atoms with Crippen molar-refractivity contribution in [1.82, 2.24) is 4.72 Å². The first-order chi connectivity index (χ1) is 9.73. The van der Waals surface area contributed by atoms with Gasteiger partial charge in [-0.3, -0.25) is 10.1 Å². The van der Waals surface area contributed by atoms with Crippen molar-refractivity contribution in [1.29, 1.82) is 0 Å². The van der Waals surface area contributed by atoms with Crippen LogP contribution in [0.4, 0.5) is 10.1 Å². The van der Waals surface area contributed by atoms with Crippen LogP contribution in [0.2, 0.25) is 0 Å². The van der Waals surface area contributed by atoms with Crippen molar-refractivity contribution in [3.05, 3.63) is 34.1 Å². The predicted molar refractivity (Wildman–Crippen MR) is 78.3 cm³/mol. The monoisotopic (exact) mass is 334 g/mol. The van der Waals surface area contributed by atoms with Crippen LogP contribution in [0.15, 0.2) is 23.1 Å². The number of benzene rings is 1. The van der Waals surface area contributed by atoms with Crippen molar-refractivity contribution in [3.8, 4) is 0 Å². The van der Waals surface area contributed by atoms with Gasteiger partial charge in [-0.1, -0.05) is 0 Å². The van der Waals surface area contributed by atoms with Crippen LogP contribution in [0.25, 0.3) is 0 Å². The highest BCUT2D eigenvalue weighted by molar-refractivity contribution is 8.01. The van der Waals surface area contributed by atoms with Crippen molar-refractivity contribution in [2.24, 2.45) is 0 Å². The smallest absolute Gasteiger partial charge is 0.258 e. The second kappa shape index (κ2) is 5.90. The average Bonchev–Trinajstić information content (AvgIpc) is 2.84. The Morgan fingerprint density at radius 2 is 2.24 bits per heavy atom. The molecule has 0 bridgehead atoms. The summed E-state index contributed by atoms with van der Waals surface area (Å²) in [5.41, 5.74) is -0.743. The number of halogens is 1. The standard InChI is InChI=1S/C12H15FN2O4S2/c1-12(5-2-6-20-12)8-14-21(18,19)9-3-4-11(15(16)17)10(13)7-9/h3-4,7,14H,2,5-6,8H2,1H3. The van der Waals surface area contributed by atoms with Gasteiger partial charge in [-0.15, -0.1) is 0 Å². The third-order valence-corrected chi connectivity index (χ3v) is 6.30. The van der Waals surface area contributed by atoms with Crippen LogP contribution in [-0.4, -0.2) is 30.4 Å². The van der Waals surface area contributed by atoms with Gasteiger partial charge in [0.15, 0.2) is 0 Å². The number of nitrogens with one attached hydrogen (secondary N) is 1. The van der Waals surface area contributed by atoms with Crippen LogP contribution in [0.5, 0.6) is 0 Å². The van der Waals surface area contributed by atoms with Gasteiger partial charge in [0.25, 0.3) is 0 Å². The molecule has 1 aromatic rings. The first-order valence-corrected chi connectivity index (χ1v) is 8.78. The predicted octanol–water partition coefficient (Wildman–Crippen LogP) is 2.30. The second-order valence-electron chi connectivity index (χ2n) is 5.10. The molecule has 1 saturated heterocycles. The van der Waals surface area contributed by atoms with Gasteiger partial charge in [0.05, 0.1) is 9.82 Å². The Labute approximate surface area is 126 Å². The van der Waals surface area contributed by atoms with E-state index in [-0.39, 0.29) is 16.2 Å². The number of sulfonamides is 1. The fourth-order valence-corrected chi connectivity index (χ4v) is 4.63. The molecule has 0 amide bonds. The Hall–Kier alpha value is -1.19. The van der Waals surface area contributed by atoms with Crippen LogP contribution in [0, 0.1) is 15.9 Å². The van der Waals surface area contributed by atoms with E-state index in [0.29, 0.717) is 6.07 Å². The fourth-order valence-electron chi connectivity index (χ4n) is 2.11. The van der Waals surface area contributed by atoms with Crippen LogP contribution in [-0.2, 0) is 10.0 Å². The van der Waals surface area contributed by atoms with E-state index in [2.05, 4.69) is 4.72 Å². The number of hydrogen-bond acceptors (Lipinski definition) is 5. The van der Waals surface area contributed by atoms with Gasteiger partial charge in [0.1, 0.15) is 0 Å². The lowest BCUT2D eigenvalue weighted by Gasteiger charge is -2.22. The van der Waals surface area contributed by atoms with Crippen LogP contribution in [0.1, 0.15) is 19.8 Å². The van der Waals surface area contributed by atoms with Crippen molar-refractivity contribution < 1.29 is 17.7 Å². The molecule has 0 radical (unpaired) electrons. The zero-order valence-electron chi connectivity index (χ0n) is 11.3. The molecular weight excluding hydrogens is 319 g/mol. The van der Waals surface area contributed by atoms with E-state index in [0.717, 1.165) is 30.7 Å². The molecule has 9 heteroatoms. The molecule has 1 aliphatic heterocycles. The van der Waals surface area contributed by atoms with E-state index in [9.17, 15) is 22.9 Å². The Kier molecular flexibility index (Phi) is 4.54. The highest BCUT2D eigenvalue weighted by Gasteiger charge is 2.31. The minimum atomic E-state index is -3.88. The third kappa shape index (κ3) is 3.72. The SMILES string of the molecule is CC1(CNS(=O)(=O)c2ccc([N+](=O)[O-])c(F)c2)CCCS1. The molecule has 2 rings (SSSR count). The summed E-state index contributed by atoms with van der Waals surface area (Å²) in [7, 11) is -3.88. The van der Waals surface area contributed by atoms with Crippen molar-refractivity contribution in [3.63, 3.8) is 0 Å². The molecule has 1 unspecified atom stereocenters. The zero-order valence-corrected chi connectivity index (χ0v) is 13.0. The van der Waals surface area contributed by atoms with E-state index in [1.165, 1.54) is 0 Å². The normalized spacial score (nSPS) is 22.4. The molecule has 1 N–H and O–H groups in total. The number of rotatable bonds is 5. The van der Waals surface area contributed by atoms with E-state index in [1.807, 2.05) is 6.92 Å². The lowest BCUT2D eigenvalue weighted by molar-refractivity contribution is -0.387. The maximum absolute atomic E-state index is 13.5. The van der Waals surface area contributed by atoms with Crippen LogP contribution < -0.4 is 4.72 Å². The quantitative estimate of drug-likeness (QED) is 0.659. The van der Waals surface area contributed by atoms with Crippen LogP contribution >= 0.6 is 11.8 Å². The summed E-state index contributed by atoms with van der Waals surface area (Å²) < 4.78 is 40.0. The van der Waals surface area contributed by atoms with Crippen molar-refractivity contribution in [2.75, 3.05) is 12.3 Å². The highest BCUT2D eigenvalue weighted by atomic mass is 32.2. The molecule has 116 valence electrons. The summed E-state index contributed by atoms with van der Waals surface area (Å²) in [6.07, 6.45) is 1.95. The molecule has 6 nitrogen and oxygen atoms in total. The molecule has 1 fully saturated rings. The minimum Gasteiger partial charge on any atom is -0.258 e. The number of thioether (sulfide) groups is 1. The first-order valence-electron chi connectivity index (χ1n) is 6.31. The van der Waals surface area contributed by atoms with Crippen molar-refractivity contribution >= 4 is 27.5 Å². The molecule has 0 aromatic heterocycles. The molecule has 0 aliphatic carbocycles. The van der Waals surface area contributed by atoms with E-state index in [1.54, 1.807) is 11.8 Å². The maximum Gasteiger partial charge on any atom is 0.304 e. The number of nitrogens with zero attached hydrogens (tertiary/aromatic N) is 1. The van der Waals surface area contributed by atoms with Gasteiger partial charge in [-0.05, 0) is 31.6 Å². The number of hydrogen-bond donors (Lipinski definition) is 1. The Morgan fingerprint density at radius 1 is 1.52 bits per heavy atom. The first kappa shape index (κ1) is 16.2. The Bertz CT molecular complexity index is 657. The van der Waals surface area contributed by atoms with Gasteiger partial charge < -0.3 is 0 Å². The maximum atomic E-state index is 13.5. The summed E-state index contributed by atoms with van der Waals surface area (Å²) in [4.78, 5) is 9.32. The Balaban J connectivity index is 2.16. The van der Waals surface area contributed by atoms with E-state index >= 15 is 0 Å². The zero-order chi connectivity index (χ0) is 15.7. The molecule has 1 aromatic carbocycles. The topological polar surface area (TPSA) is 89.3 Å². The third-order valence-electron chi connectivity index (χ3n) is 3.36. The van der Waals surface area contributed by atoms with Crippen molar-refractivity contribution in [2.45, 2.75) is 29.4 Å². The summed E-state index contributed by atoms with van der Waals surface area (Å²) in [6.45, 7) is 2.22. The number of nitro benzene ring substituents is 1. The minimum absolute atomic E-state index is 0.160. The van der Waals surface area contributed by atoms with Gasteiger partial charge in [-0.2, -0.15) is 16.2 Å². The lowest BCUT2D eigenvalue weighted by Crippen LogP contribution is -2.36. The van der Waals surface area contributed by atoms with Gasteiger partial charge >= 0.3 is 5.69 Å². The average molecular weight is 334 g/mol. The van der Waals surface area contributed by atoms with E-state index in [4.69, 9.17) is 0 Å². The largest absolute Gasteiger partial charge is 0.304 e. The van der Waals surface area contributed by atoms with Gasteiger partial charge in [-0.25, -0.2) is 13.1 Å². The van der Waals surface area contributed by atoms with Gasteiger partial charge in [0.2, 0.25) is 15.8 Å². The van der Waals surface area contributed by atoms with E-state index < -0.39 is 26.5 Å². The molecule has 0 saturated carbocycles. The second-order valence-corrected chi connectivity index (χ2v) is 8.55. The summed E-state index contributed by atoms with van der Waals surface area (Å²) in [5, 5.41) is 10.5. The Morgan fingerprint density at radius 3 is 2.76 bits per heavy atom. The van der Waals surface area contributed by atoms with Crippen LogP contribution in [0.3, 0.4) is 0 Å². The molecule has 1 heterocycles. The summed E-state index contributed by atoms with van der Waals surface area (Å²) >= 11 is 1.70. The molecular formula is C12H15FN2O4S2. The molecule has 21 heavy (non-hydrogen) atoms. The molecule has 1 aliphatic rings. The summed E-state index contributed by atoms with van der Waals surface area (Å²) in [5.74, 6) is -0.172. The number of nitro groups is 1. The summed E-state index contributed by atoms with van der Waals surface area (Å²) in [6, 6.07) is 2.56. The molecule has 1 atom stereocenters. The fraction of sp³-hybridized carbons (Fsp3) is 0.500. The molecule has 0 spiro atoms. The van der Waals surface area contributed by atoms with Gasteiger partial charge in [0, 0.05) is 23.4 Å². The highest BCUT2D eigenvalue weighted by Crippen LogP contribution is 2.37. The lowest BCUT2D eigenvalue weighted by atomic mass is 10.1.